The van der Waals surface area contributed by atoms with Gasteiger partial charge in [-0.1, -0.05) is 30.3 Å². The lowest BCUT2D eigenvalue weighted by atomic mass is 9.88. The molecule has 2 aromatic carbocycles. The van der Waals surface area contributed by atoms with Crippen molar-refractivity contribution in [2.75, 3.05) is 45.1 Å². The molecule has 6 nitrogen and oxygen atoms in total. The van der Waals surface area contributed by atoms with Gasteiger partial charge in [0.05, 0.1) is 18.0 Å². The molecule has 3 aromatic rings. The van der Waals surface area contributed by atoms with Crippen LogP contribution in [0.15, 0.2) is 73.1 Å². The maximum absolute atomic E-state index is 13.6. The Kier molecular flexibility index (Phi) is 8.38. The van der Waals surface area contributed by atoms with Crippen LogP contribution >= 0.6 is 11.8 Å². The van der Waals surface area contributed by atoms with E-state index in [0.717, 1.165) is 35.5 Å². The van der Waals surface area contributed by atoms with E-state index < -0.39 is 5.60 Å². The Balaban J connectivity index is 1.13. The zero-order valence-electron chi connectivity index (χ0n) is 21.4. The summed E-state index contributed by atoms with van der Waals surface area (Å²) in [6.45, 7) is 5.94. The molecular weight excluding hydrogens is 506 g/mol. The molecule has 2 atom stereocenters. The number of pyridine rings is 1. The van der Waals surface area contributed by atoms with Crippen LogP contribution in [0.1, 0.15) is 29.0 Å². The van der Waals surface area contributed by atoms with Crippen molar-refractivity contribution in [1.82, 2.24) is 20.1 Å². The molecule has 2 fully saturated rings. The summed E-state index contributed by atoms with van der Waals surface area (Å²) < 4.78 is 33.6. The molecule has 0 aliphatic carbocycles. The second kappa shape index (κ2) is 11.9. The van der Waals surface area contributed by atoms with Crippen LogP contribution in [0.4, 0.5) is 8.78 Å². The normalized spacial score (nSPS) is 20.6. The summed E-state index contributed by atoms with van der Waals surface area (Å²) in [4.78, 5) is 21.5. The molecule has 2 aliphatic heterocycles. The molecule has 1 unspecified atom stereocenters. The van der Waals surface area contributed by atoms with Gasteiger partial charge < -0.3 is 9.64 Å². The number of nitrogens with one attached hydrogen (secondary N) is 1. The van der Waals surface area contributed by atoms with Gasteiger partial charge in [-0.05, 0) is 53.9 Å². The number of piperazine rings is 1. The van der Waals surface area contributed by atoms with Gasteiger partial charge in [0.25, 0.3) is 0 Å². The van der Waals surface area contributed by atoms with E-state index in [0.29, 0.717) is 26.2 Å². The third-order valence-corrected chi connectivity index (χ3v) is 8.61. The summed E-state index contributed by atoms with van der Waals surface area (Å²) in [5, 5.41) is 3.55. The Morgan fingerprint density at radius 2 is 1.66 bits per heavy atom. The minimum Gasteiger partial charge on any atom is -0.365 e. The fraction of sp³-hybridized carbons (Fsp3) is 0.379. The van der Waals surface area contributed by atoms with E-state index in [1.807, 2.05) is 30.2 Å². The van der Waals surface area contributed by atoms with Crippen molar-refractivity contribution in [2.45, 2.75) is 23.9 Å². The Morgan fingerprint density at radius 3 is 2.24 bits per heavy atom. The lowest BCUT2D eigenvalue weighted by Gasteiger charge is -2.37. The van der Waals surface area contributed by atoms with Gasteiger partial charge in [0.1, 0.15) is 17.2 Å². The van der Waals surface area contributed by atoms with Crippen LogP contribution in [0.3, 0.4) is 0 Å². The zero-order valence-corrected chi connectivity index (χ0v) is 22.2. The number of nitrogens with zero attached hydrogens (tertiary/aromatic N) is 3. The highest BCUT2D eigenvalue weighted by Gasteiger charge is 2.35. The first-order chi connectivity index (χ1) is 18.4. The van der Waals surface area contributed by atoms with Crippen molar-refractivity contribution in [2.24, 2.45) is 0 Å². The van der Waals surface area contributed by atoms with Crippen LogP contribution < -0.4 is 5.32 Å². The molecule has 3 heterocycles. The van der Waals surface area contributed by atoms with E-state index in [9.17, 15) is 13.6 Å². The van der Waals surface area contributed by atoms with Crippen LogP contribution in [-0.2, 0) is 15.1 Å². The molecule has 5 rings (SSSR count). The maximum Gasteiger partial charge on any atom is 0.240 e. The van der Waals surface area contributed by atoms with Gasteiger partial charge in [-0.15, -0.1) is 11.8 Å². The third-order valence-electron chi connectivity index (χ3n) is 7.34. The first-order valence-electron chi connectivity index (χ1n) is 12.9. The van der Waals surface area contributed by atoms with Crippen molar-refractivity contribution in [3.05, 3.63) is 101 Å². The smallest absolute Gasteiger partial charge is 0.240 e. The first-order valence-corrected chi connectivity index (χ1v) is 13.9. The van der Waals surface area contributed by atoms with E-state index >= 15 is 0 Å². The number of halogens is 2. The van der Waals surface area contributed by atoms with Crippen molar-refractivity contribution in [1.29, 1.82) is 0 Å². The van der Waals surface area contributed by atoms with Gasteiger partial charge in [0, 0.05) is 50.9 Å². The monoisotopic (exact) mass is 538 g/mol. The van der Waals surface area contributed by atoms with Crippen molar-refractivity contribution >= 4 is 17.7 Å². The molecule has 0 spiro atoms. The molecule has 1 amide bonds. The van der Waals surface area contributed by atoms with Gasteiger partial charge in [-0.3, -0.25) is 20.0 Å². The molecule has 2 aliphatic rings. The molecule has 1 aromatic heterocycles. The topological polar surface area (TPSA) is 57.7 Å². The van der Waals surface area contributed by atoms with Crippen molar-refractivity contribution in [3.63, 3.8) is 0 Å². The predicted octanol–water partition coefficient (Wildman–Crippen LogP) is 4.19. The molecule has 0 radical (unpaired) electrons. The Bertz CT molecular complexity index is 1160. The number of amides is 1. The quantitative estimate of drug-likeness (QED) is 0.464. The van der Waals surface area contributed by atoms with Crippen molar-refractivity contribution < 1.29 is 18.3 Å². The van der Waals surface area contributed by atoms with E-state index in [2.05, 4.69) is 15.2 Å². The molecule has 2 saturated heterocycles. The minimum absolute atomic E-state index is 0.0904. The van der Waals surface area contributed by atoms with E-state index in [1.165, 1.54) is 24.3 Å². The lowest BCUT2D eigenvalue weighted by Crippen LogP contribution is -2.54. The molecule has 0 saturated carbocycles. The van der Waals surface area contributed by atoms with Gasteiger partial charge in [-0.25, -0.2) is 8.78 Å². The van der Waals surface area contributed by atoms with Gasteiger partial charge in [0.2, 0.25) is 5.91 Å². The molecule has 38 heavy (non-hydrogen) atoms. The van der Waals surface area contributed by atoms with E-state index in [1.54, 1.807) is 42.2 Å². The van der Waals surface area contributed by atoms with Gasteiger partial charge >= 0.3 is 0 Å². The molecule has 200 valence electrons. The van der Waals surface area contributed by atoms with E-state index in [-0.39, 0.29) is 29.0 Å². The predicted molar refractivity (Wildman–Crippen MR) is 145 cm³/mol. The second-order valence-electron chi connectivity index (χ2n) is 9.78. The fourth-order valence-electron chi connectivity index (χ4n) is 5.00. The summed E-state index contributed by atoms with van der Waals surface area (Å²) in [6.07, 6.45) is 3.60. The Labute approximate surface area is 226 Å². The summed E-state index contributed by atoms with van der Waals surface area (Å²) in [6, 6.07) is 16.2. The fourth-order valence-corrected chi connectivity index (χ4v) is 6.21. The molecule has 9 heteroatoms. The second-order valence-corrected chi connectivity index (χ2v) is 10.9. The lowest BCUT2D eigenvalue weighted by molar-refractivity contribution is -0.134. The van der Waals surface area contributed by atoms with Crippen molar-refractivity contribution in [3.8, 4) is 0 Å². The number of rotatable bonds is 8. The number of carbonyl (C=O) groups excluding carboxylic acids is 1. The average Bonchev–Trinajstić information content (AvgIpc) is 3.45. The number of aromatic nitrogens is 1. The third kappa shape index (κ3) is 6.07. The van der Waals surface area contributed by atoms with Crippen LogP contribution in [0.2, 0.25) is 0 Å². The zero-order chi connectivity index (χ0) is 26.5. The van der Waals surface area contributed by atoms with Gasteiger partial charge in [-0.2, -0.15) is 0 Å². The largest absolute Gasteiger partial charge is 0.365 e. The highest BCUT2D eigenvalue weighted by Crippen LogP contribution is 2.34. The highest BCUT2D eigenvalue weighted by molar-refractivity contribution is 7.99. The number of hydrogen-bond donors (Lipinski definition) is 1. The van der Waals surface area contributed by atoms with Gasteiger partial charge in [0.15, 0.2) is 0 Å². The number of carbonyl (C=O) groups is 1. The number of benzene rings is 2. The number of ether oxygens (including phenoxy) is 1. The van der Waals surface area contributed by atoms with Crippen LogP contribution in [0.25, 0.3) is 0 Å². The Hall–Kier alpha value is -2.85. The number of hydrogen-bond acceptors (Lipinski definition) is 6. The minimum atomic E-state index is -0.851. The maximum atomic E-state index is 13.6. The number of thioether (sulfide) groups is 1. The molecule has 0 bridgehead atoms. The highest BCUT2D eigenvalue weighted by atomic mass is 32.2. The summed E-state index contributed by atoms with van der Waals surface area (Å²) >= 11 is 1.74. The average molecular weight is 539 g/mol. The SMILES string of the molecule is CC(OCCN1CCN(C(=O)[C@@H]2CSC(c3cccnc3)N2)CC1)(c1ccc(F)cc1)c1ccc(F)cc1. The summed E-state index contributed by atoms with van der Waals surface area (Å²) in [5.74, 6) is 0.265. The first kappa shape index (κ1) is 26.7. The summed E-state index contributed by atoms with van der Waals surface area (Å²) in [7, 11) is 0. The summed E-state index contributed by atoms with van der Waals surface area (Å²) in [5.41, 5.74) is 1.83. The van der Waals surface area contributed by atoms with E-state index in [4.69, 9.17) is 4.74 Å². The van der Waals surface area contributed by atoms with Crippen LogP contribution in [0, 0.1) is 11.6 Å². The molecule has 1 N–H and O–H groups in total. The van der Waals surface area contributed by atoms with Crippen LogP contribution in [-0.4, -0.2) is 71.8 Å². The Morgan fingerprint density at radius 1 is 1.03 bits per heavy atom. The molecular formula is C29H32F2N4O2S. The van der Waals surface area contributed by atoms with Crippen LogP contribution in [0.5, 0.6) is 0 Å². The standard InChI is InChI=1S/C29H32F2N4O2S/c1-29(22-4-8-24(30)9-5-22,23-6-10-25(31)11-7-23)37-18-17-34-13-15-35(16-14-34)28(36)26-20-38-27(33-26)21-3-2-12-32-19-21/h2-12,19,26-27,33H,13-18,20H2,1H3/t26-,27?/m0/s1.